The third kappa shape index (κ3) is 3.00. The van der Waals surface area contributed by atoms with Crippen molar-refractivity contribution >= 4 is 5.95 Å². The second kappa shape index (κ2) is 5.73. The van der Waals surface area contributed by atoms with Crippen molar-refractivity contribution in [3.8, 4) is 11.4 Å². The summed E-state index contributed by atoms with van der Waals surface area (Å²) in [6, 6.07) is 4.66. The number of anilines is 1. The van der Waals surface area contributed by atoms with Gasteiger partial charge in [-0.15, -0.1) is 0 Å². The summed E-state index contributed by atoms with van der Waals surface area (Å²) >= 11 is 0. The summed E-state index contributed by atoms with van der Waals surface area (Å²) in [5.41, 5.74) is 1.67. The Labute approximate surface area is 123 Å². The Balaban J connectivity index is 1.91. The monoisotopic (exact) mass is 287 g/mol. The van der Waals surface area contributed by atoms with E-state index in [4.69, 9.17) is 0 Å². The summed E-state index contributed by atoms with van der Waals surface area (Å²) in [5.74, 6) is 0.907. The van der Waals surface area contributed by atoms with E-state index < -0.39 is 0 Å². The zero-order chi connectivity index (χ0) is 14.8. The summed E-state index contributed by atoms with van der Waals surface area (Å²) in [5, 5.41) is 0. The normalized spacial score (nSPS) is 16.2. The van der Waals surface area contributed by atoms with Crippen molar-refractivity contribution in [2.75, 3.05) is 38.1 Å². The molecule has 110 valence electrons. The molecule has 1 saturated heterocycles. The molecule has 0 spiro atoms. The molecule has 2 aromatic rings. The molecule has 0 saturated carbocycles. The van der Waals surface area contributed by atoms with Gasteiger partial charge in [0.1, 0.15) is 12.1 Å². The van der Waals surface area contributed by atoms with Gasteiger partial charge in [0.2, 0.25) is 5.95 Å². The van der Waals surface area contributed by atoms with Crippen molar-refractivity contribution in [2.45, 2.75) is 6.92 Å². The highest BCUT2D eigenvalue weighted by Crippen LogP contribution is 2.22. The Bertz CT molecular complexity index is 638. The second-order valence-electron chi connectivity index (χ2n) is 5.36. The maximum absolute atomic E-state index is 13.4. The standard InChI is InChI=1S/C15H18FN5/c1-11-3-4-12(16)9-13(11)14-17-10-18-15(19-14)21-7-5-20(2)6-8-21/h3-4,9-10H,5-8H2,1-2H3. The average molecular weight is 287 g/mol. The van der Waals surface area contributed by atoms with Crippen LogP contribution in [0.2, 0.25) is 0 Å². The first-order valence-electron chi connectivity index (χ1n) is 7.02. The second-order valence-corrected chi connectivity index (χ2v) is 5.36. The summed E-state index contributed by atoms with van der Waals surface area (Å²) in [6.45, 7) is 5.68. The molecule has 1 aromatic carbocycles. The summed E-state index contributed by atoms with van der Waals surface area (Å²) in [7, 11) is 2.10. The van der Waals surface area contributed by atoms with Crippen LogP contribution in [0.25, 0.3) is 11.4 Å². The van der Waals surface area contributed by atoms with Gasteiger partial charge in [0, 0.05) is 31.7 Å². The van der Waals surface area contributed by atoms with Crippen LogP contribution in [0.4, 0.5) is 10.3 Å². The molecule has 0 N–H and O–H groups in total. The number of piperazine rings is 1. The topological polar surface area (TPSA) is 45.2 Å². The predicted octanol–water partition coefficient (Wildman–Crippen LogP) is 1.74. The first-order valence-corrected chi connectivity index (χ1v) is 7.02. The zero-order valence-corrected chi connectivity index (χ0v) is 12.3. The highest BCUT2D eigenvalue weighted by molar-refractivity contribution is 5.60. The number of aryl methyl sites for hydroxylation is 1. The van der Waals surface area contributed by atoms with Gasteiger partial charge in [-0.3, -0.25) is 0 Å². The van der Waals surface area contributed by atoms with Crippen LogP contribution in [-0.4, -0.2) is 53.1 Å². The minimum atomic E-state index is -0.280. The number of benzene rings is 1. The van der Waals surface area contributed by atoms with Crippen LogP contribution in [0.1, 0.15) is 5.56 Å². The van der Waals surface area contributed by atoms with Crippen molar-refractivity contribution in [3.05, 3.63) is 35.9 Å². The molecule has 1 aromatic heterocycles. The van der Waals surface area contributed by atoms with E-state index in [1.807, 2.05) is 6.92 Å². The van der Waals surface area contributed by atoms with Crippen LogP contribution in [-0.2, 0) is 0 Å². The molecule has 0 unspecified atom stereocenters. The van der Waals surface area contributed by atoms with E-state index in [-0.39, 0.29) is 5.82 Å². The van der Waals surface area contributed by atoms with Crippen LogP contribution in [0, 0.1) is 12.7 Å². The molecule has 2 heterocycles. The molecule has 0 aliphatic carbocycles. The van der Waals surface area contributed by atoms with Gasteiger partial charge in [-0.25, -0.2) is 14.4 Å². The quantitative estimate of drug-likeness (QED) is 0.842. The van der Waals surface area contributed by atoms with Gasteiger partial charge in [-0.2, -0.15) is 4.98 Å². The van der Waals surface area contributed by atoms with Crippen LogP contribution < -0.4 is 4.90 Å². The molecule has 1 aliphatic heterocycles. The first kappa shape index (κ1) is 13.9. The Hall–Kier alpha value is -2.08. The fourth-order valence-electron chi connectivity index (χ4n) is 2.41. The third-order valence-electron chi connectivity index (χ3n) is 3.79. The Morgan fingerprint density at radius 3 is 2.62 bits per heavy atom. The van der Waals surface area contributed by atoms with Gasteiger partial charge in [0.25, 0.3) is 0 Å². The molecule has 0 radical (unpaired) electrons. The Morgan fingerprint density at radius 2 is 1.86 bits per heavy atom. The lowest BCUT2D eigenvalue weighted by Crippen LogP contribution is -2.45. The van der Waals surface area contributed by atoms with Crippen molar-refractivity contribution < 1.29 is 4.39 Å². The van der Waals surface area contributed by atoms with E-state index in [1.165, 1.54) is 18.5 Å². The maximum Gasteiger partial charge on any atom is 0.228 e. The molecule has 1 fully saturated rings. The number of hydrogen-bond donors (Lipinski definition) is 0. The Kier molecular flexibility index (Phi) is 3.79. The molecule has 0 atom stereocenters. The van der Waals surface area contributed by atoms with E-state index in [0.717, 1.165) is 31.7 Å². The van der Waals surface area contributed by atoms with Crippen LogP contribution in [0.5, 0.6) is 0 Å². The molecule has 5 nitrogen and oxygen atoms in total. The summed E-state index contributed by atoms with van der Waals surface area (Å²) < 4.78 is 13.4. The highest BCUT2D eigenvalue weighted by atomic mass is 19.1. The number of halogens is 1. The van der Waals surface area contributed by atoms with E-state index >= 15 is 0 Å². The number of hydrogen-bond acceptors (Lipinski definition) is 5. The van der Waals surface area contributed by atoms with Crippen molar-refractivity contribution in [1.82, 2.24) is 19.9 Å². The van der Waals surface area contributed by atoms with Crippen molar-refractivity contribution in [1.29, 1.82) is 0 Å². The lowest BCUT2D eigenvalue weighted by atomic mass is 10.1. The molecule has 1 aliphatic rings. The minimum Gasteiger partial charge on any atom is -0.338 e. The number of likely N-dealkylation sites (N-methyl/N-ethyl adjacent to an activating group) is 1. The van der Waals surface area contributed by atoms with Gasteiger partial charge >= 0.3 is 0 Å². The average Bonchev–Trinajstić information content (AvgIpc) is 2.50. The van der Waals surface area contributed by atoms with Crippen LogP contribution in [0.3, 0.4) is 0 Å². The van der Waals surface area contributed by atoms with Crippen molar-refractivity contribution in [3.63, 3.8) is 0 Å². The molecule has 3 rings (SSSR count). The molecule has 6 heteroatoms. The van der Waals surface area contributed by atoms with Gasteiger partial charge in [-0.05, 0) is 31.7 Å². The largest absolute Gasteiger partial charge is 0.338 e. The summed E-state index contributed by atoms with van der Waals surface area (Å²) in [4.78, 5) is 17.4. The van der Waals surface area contributed by atoms with Gasteiger partial charge in [0.15, 0.2) is 5.82 Å². The molecular weight excluding hydrogens is 269 g/mol. The lowest BCUT2D eigenvalue weighted by Gasteiger charge is -2.32. The predicted molar refractivity (Wildman–Crippen MR) is 79.7 cm³/mol. The van der Waals surface area contributed by atoms with E-state index in [0.29, 0.717) is 17.3 Å². The maximum atomic E-state index is 13.4. The van der Waals surface area contributed by atoms with Crippen LogP contribution >= 0.6 is 0 Å². The summed E-state index contributed by atoms with van der Waals surface area (Å²) in [6.07, 6.45) is 1.50. The molecule has 0 amide bonds. The lowest BCUT2D eigenvalue weighted by molar-refractivity contribution is 0.311. The van der Waals surface area contributed by atoms with E-state index in [1.54, 1.807) is 6.07 Å². The molecule has 0 bridgehead atoms. The van der Waals surface area contributed by atoms with Crippen molar-refractivity contribution in [2.24, 2.45) is 0 Å². The fourth-order valence-corrected chi connectivity index (χ4v) is 2.41. The van der Waals surface area contributed by atoms with Gasteiger partial charge in [-0.1, -0.05) is 6.07 Å². The number of nitrogens with zero attached hydrogens (tertiary/aromatic N) is 5. The van der Waals surface area contributed by atoms with Gasteiger partial charge < -0.3 is 9.80 Å². The van der Waals surface area contributed by atoms with E-state index in [2.05, 4.69) is 31.8 Å². The first-order chi connectivity index (χ1) is 10.1. The number of aromatic nitrogens is 3. The zero-order valence-electron chi connectivity index (χ0n) is 12.3. The Morgan fingerprint density at radius 1 is 1.10 bits per heavy atom. The highest BCUT2D eigenvalue weighted by Gasteiger charge is 2.17. The SMILES string of the molecule is Cc1ccc(F)cc1-c1ncnc(N2CCN(C)CC2)n1. The molecular formula is C15H18FN5. The molecule has 21 heavy (non-hydrogen) atoms. The van der Waals surface area contributed by atoms with Gasteiger partial charge in [0.05, 0.1) is 0 Å². The fraction of sp³-hybridized carbons (Fsp3) is 0.400. The minimum absolute atomic E-state index is 0.280. The third-order valence-corrected chi connectivity index (χ3v) is 3.79. The van der Waals surface area contributed by atoms with E-state index in [9.17, 15) is 4.39 Å². The smallest absolute Gasteiger partial charge is 0.228 e. The van der Waals surface area contributed by atoms with Crippen LogP contribution in [0.15, 0.2) is 24.5 Å². The number of rotatable bonds is 2.